The SMILES string of the molecule is NC(=O)C1(c2ccc(O)c(I)c2)CC1. The van der Waals surface area contributed by atoms with Crippen LogP contribution >= 0.6 is 22.6 Å². The van der Waals surface area contributed by atoms with E-state index in [0.29, 0.717) is 0 Å². The molecule has 2 rings (SSSR count). The lowest BCUT2D eigenvalue weighted by Crippen LogP contribution is -2.28. The number of rotatable bonds is 2. The Bertz CT molecular complexity index is 399. The summed E-state index contributed by atoms with van der Waals surface area (Å²) in [6.45, 7) is 0. The van der Waals surface area contributed by atoms with Crippen molar-refractivity contribution in [2.45, 2.75) is 18.3 Å². The van der Waals surface area contributed by atoms with E-state index in [1.807, 2.05) is 28.7 Å². The normalized spacial score (nSPS) is 17.8. The average molecular weight is 303 g/mol. The van der Waals surface area contributed by atoms with E-state index >= 15 is 0 Å². The van der Waals surface area contributed by atoms with Crippen LogP contribution in [0.15, 0.2) is 18.2 Å². The molecule has 0 radical (unpaired) electrons. The van der Waals surface area contributed by atoms with Crippen LogP contribution in [0.25, 0.3) is 0 Å². The van der Waals surface area contributed by atoms with Gasteiger partial charge in [0.2, 0.25) is 5.91 Å². The molecular weight excluding hydrogens is 293 g/mol. The van der Waals surface area contributed by atoms with Crippen molar-refractivity contribution < 1.29 is 9.90 Å². The van der Waals surface area contributed by atoms with Gasteiger partial charge < -0.3 is 10.8 Å². The van der Waals surface area contributed by atoms with E-state index in [1.165, 1.54) is 0 Å². The van der Waals surface area contributed by atoms with Gasteiger partial charge in [-0.3, -0.25) is 4.79 Å². The van der Waals surface area contributed by atoms with Crippen molar-refractivity contribution >= 4 is 28.5 Å². The molecule has 1 fully saturated rings. The Balaban J connectivity index is 2.43. The smallest absolute Gasteiger partial charge is 0.228 e. The summed E-state index contributed by atoms with van der Waals surface area (Å²) in [6, 6.07) is 5.21. The van der Waals surface area contributed by atoms with E-state index < -0.39 is 5.41 Å². The molecule has 0 atom stereocenters. The Morgan fingerprint density at radius 3 is 2.57 bits per heavy atom. The van der Waals surface area contributed by atoms with Crippen LogP contribution < -0.4 is 5.73 Å². The first-order chi connectivity index (χ1) is 6.56. The third kappa shape index (κ3) is 1.37. The molecular formula is C10H10INO2. The summed E-state index contributed by atoms with van der Waals surface area (Å²) in [4.78, 5) is 11.2. The standard InChI is InChI=1S/C10H10INO2/c11-7-5-6(1-2-8(7)13)10(3-4-10)9(12)14/h1-2,5,13H,3-4H2,(H2,12,14). The summed E-state index contributed by atoms with van der Waals surface area (Å²) in [5.74, 6) is -0.0198. The van der Waals surface area contributed by atoms with Crippen molar-refractivity contribution in [2.75, 3.05) is 0 Å². The number of phenolic OH excluding ortho intramolecular Hbond substituents is 1. The summed E-state index contributed by atoms with van der Waals surface area (Å²) in [5.41, 5.74) is 5.82. The van der Waals surface area contributed by atoms with Gasteiger partial charge in [-0.25, -0.2) is 0 Å². The number of halogens is 1. The summed E-state index contributed by atoms with van der Waals surface area (Å²) >= 11 is 2.04. The number of phenols is 1. The van der Waals surface area contributed by atoms with Crippen LogP contribution in [-0.2, 0) is 10.2 Å². The zero-order valence-corrected chi connectivity index (χ0v) is 9.61. The Labute approximate surface area is 95.4 Å². The minimum absolute atomic E-state index is 0.245. The van der Waals surface area contributed by atoms with E-state index in [1.54, 1.807) is 12.1 Å². The highest BCUT2D eigenvalue weighted by molar-refractivity contribution is 14.1. The maximum Gasteiger partial charge on any atom is 0.228 e. The first-order valence-electron chi connectivity index (χ1n) is 4.35. The van der Waals surface area contributed by atoms with E-state index in [0.717, 1.165) is 22.0 Å². The lowest BCUT2D eigenvalue weighted by molar-refractivity contribution is -0.120. The van der Waals surface area contributed by atoms with Gasteiger partial charge in [-0.2, -0.15) is 0 Å². The molecule has 1 aliphatic carbocycles. The monoisotopic (exact) mass is 303 g/mol. The van der Waals surface area contributed by atoms with E-state index in [-0.39, 0.29) is 11.7 Å². The maximum atomic E-state index is 11.2. The molecule has 0 heterocycles. The highest BCUT2D eigenvalue weighted by Crippen LogP contribution is 2.48. The first kappa shape index (κ1) is 9.76. The van der Waals surface area contributed by atoms with Gasteiger partial charge in [-0.05, 0) is 53.1 Å². The topological polar surface area (TPSA) is 63.3 Å². The average Bonchev–Trinajstić information content (AvgIpc) is 2.90. The van der Waals surface area contributed by atoms with Gasteiger partial charge in [0.15, 0.2) is 0 Å². The molecule has 4 heteroatoms. The Kier molecular flexibility index (Phi) is 2.17. The fourth-order valence-electron chi connectivity index (χ4n) is 1.61. The lowest BCUT2D eigenvalue weighted by Gasteiger charge is -2.11. The minimum atomic E-state index is -0.451. The number of hydrogen-bond donors (Lipinski definition) is 2. The van der Waals surface area contributed by atoms with E-state index in [2.05, 4.69) is 0 Å². The first-order valence-corrected chi connectivity index (χ1v) is 5.43. The van der Waals surface area contributed by atoms with Crippen molar-refractivity contribution in [1.29, 1.82) is 0 Å². The van der Waals surface area contributed by atoms with Crippen LogP contribution in [0.2, 0.25) is 0 Å². The molecule has 1 aliphatic rings. The summed E-state index contributed by atoms with van der Waals surface area (Å²) in [5, 5.41) is 9.34. The lowest BCUT2D eigenvalue weighted by atomic mass is 9.95. The number of nitrogens with two attached hydrogens (primary N) is 1. The number of carbonyl (C=O) groups is 1. The van der Waals surface area contributed by atoms with Gasteiger partial charge in [0.1, 0.15) is 5.75 Å². The molecule has 0 unspecified atom stereocenters. The van der Waals surface area contributed by atoms with Crippen LogP contribution in [-0.4, -0.2) is 11.0 Å². The van der Waals surface area contributed by atoms with E-state index in [4.69, 9.17) is 5.73 Å². The molecule has 0 spiro atoms. The molecule has 0 aromatic heterocycles. The number of carbonyl (C=O) groups excluding carboxylic acids is 1. The van der Waals surface area contributed by atoms with Gasteiger partial charge in [-0.15, -0.1) is 0 Å². The van der Waals surface area contributed by atoms with Crippen molar-refractivity contribution in [3.05, 3.63) is 27.3 Å². The second kappa shape index (κ2) is 3.12. The molecule has 74 valence electrons. The summed E-state index contributed by atoms with van der Waals surface area (Å²) < 4.78 is 0.757. The zero-order valence-electron chi connectivity index (χ0n) is 7.46. The van der Waals surface area contributed by atoms with Crippen molar-refractivity contribution in [2.24, 2.45) is 5.73 Å². The molecule has 3 nitrogen and oxygen atoms in total. The highest BCUT2D eigenvalue weighted by Gasteiger charge is 2.50. The van der Waals surface area contributed by atoms with Gasteiger partial charge in [0, 0.05) is 0 Å². The number of benzene rings is 1. The quantitative estimate of drug-likeness (QED) is 0.814. The van der Waals surface area contributed by atoms with Crippen LogP contribution in [0.5, 0.6) is 5.75 Å². The molecule has 1 aromatic carbocycles. The third-order valence-corrected chi connectivity index (χ3v) is 3.59. The fourth-order valence-corrected chi connectivity index (χ4v) is 2.12. The van der Waals surface area contributed by atoms with Crippen LogP contribution in [0.4, 0.5) is 0 Å². The van der Waals surface area contributed by atoms with Crippen molar-refractivity contribution in [1.82, 2.24) is 0 Å². The van der Waals surface area contributed by atoms with Crippen LogP contribution in [0.3, 0.4) is 0 Å². The van der Waals surface area contributed by atoms with Crippen molar-refractivity contribution in [3.63, 3.8) is 0 Å². The summed E-state index contributed by atoms with van der Waals surface area (Å²) in [7, 11) is 0. The third-order valence-electron chi connectivity index (χ3n) is 2.72. The van der Waals surface area contributed by atoms with Gasteiger partial charge >= 0.3 is 0 Å². The van der Waals surface area contributed by atoms with Gasteiger partial charge in [0.05, 0.1) is 8.99 Å². The predicted octanol–water partition coefficient (Wildman–Crippen LogP) is 1.51. The Morgan fingerprint density at radius 2 is 2.14 bits per heavy atom. The number of aromatic hydroxyl groups is 1. The van der Waals surface area contributed by atoms with Crippen LogP contribution in [0, 0.1) is 3.57 Å². The largest absolute Gasteiger partial charge is 0.507 e. The Hall–Kier alpha value is -0.780. The molecule has 1 saturated carbocycles. The number of primary amides is 1. The molecule has 0 saturated heterocycles. The minimum Gasteiger partial charge on any atom is -0.507 e. The molecule has 1 aromatic rings. The van der Waals surface area contributed by atoms with Crippen LogP contribution in [0.1, 0.15) is 18.4 Å². The maximum absolute atomic E-state index is 11.2. The molecule has 0 aliphatic heterocycles. The van der Waals surface area contributed by atoms with Gasteiger partial charge in [-0.1, -0.05) is 6.07 Å². The number of hydrogen-bond acceptors (Lipinski definition) is 2. The Morgan fingerprint density at radius 1 is 1.50 bits per heavy atom. The number of amides is 1. The van der Waals surface area contributed by atoms with Crippen molar-refractivity contribution in [3.8, 4) is 5.75 Å². The molecule has 14 heavy (non-hydrogen) atoms. The van der Waals surface area contributed by atoms with E-state index in [9.17, 15) is 9.90 Å². The predicted molar refractivity (Wildman–Crippen MR) is 60.9 cm³/mol. The second-order valence-corrected chi connectivity index (χ2v) is 4.77. The molecule has 3 N–H and O–H groups in total. The highest BCUT2D eigenvalue weighted by atomic mass is 127. The summed E-state index contributed by atoms with van der Waals surface area (Å²) in [6.07, 6.45) is 1.65. The molecule has 0 bridgehead atoms. The second-order valence-electron chi connectivity index (χ2n) is 3.61. The molecule has 1 amide bonds. The fraction of sp³-hybridized carbons (Fsp3) is 0.300. The van der Waals surface area contributed by atoms with Gasteiger partial charge in [0.25, 0.3) is 0 Å². The zero-order chi connectivity index (χ0) is 10.3.